The third kappa shape index (κ3) is 6.12. The number of hydrogen-bond acceptors (Lipinski definition) is 4. The van der Waals surface area contributed by atoms with Crippen molar-refractivity contribution in [2.24, 2.45) is 0 Å². The van der Waals surface area contributed by atoms with Gasteiger partial charge in [0.2, 0.25) is 0 Å². The van der Waals surface area contributed by atoms with Crippen LogP contribution in [0.5, 0.6) is 0 Å². The van der Waals surface area contributed by atoms with Gasteiger partial charge in [-0.1, -0.05) is 23.9 Å². The molecule has 4 heteroatoms. The van der Waals surface area contributed by atoms with Crippen molar-refractivity contribution in [2.45, 2.75) is 27.2 Å². The molecule has 3 nitrogen and oxygen atoms in total. The molecular weight excluding hydrogens is 212 g/mol. The van der Waals surface area contributed by atoms with Crippen molar-refractivity contribution in [3.05, 3.63) is 22.5 Å². The Kier molecular flexibility index (Phi) is 7.72. The van der Waals surface area contributed by atoms with Gasteiger partial charge in [0, 0.05) is 0 Å². The van der Waals surface area contributed by atoms with Gasteiger partial charge < -0.3 is 4.74 Å². The molecule has 0 aliphatic rings. The van der Waals surface area contributed by atoms with E-state index in [4.69, 9.17) is 4.74 Å². The van der Waals surface area contributed by atoms with Gasteiger partial charge in [0.15, 0.2) is 5.78 Å². The lowest BCUT2D eigenvalue weighted by atomic mass is 10.2. The first-order valence-electron chi connectivity index (χ1n) is 4.78. The van der Waals surface area contributed by atoms with E-state index in [1.165, 1.54) is 11.8 Å². The molecule has 0 aliphatic carbocycles. The Morgan fingerprint density at radius 3 is 2.47 bits per heavy atom. The SMILES string of the molecule is C/C=C\S/C(=C\C)C(=O)CC(=O)OCC. The van der Waals surface area contributed by atoms with E-state index in [0.29, 0.717) is 11.5 Å². The lowest BCUT2D eigenvalue weighted by Gasteiger charge is -2.02. The predicted octanol–water partition coefficient (Wildman–Crippen LogP) is 2.68. The molecule has 0 heterocycles. The molecular formula is C11H16O3S. The number of carbonyl (C=O) groups is 2. The van der Waals surface area contributed by atoms with E-state index in [1.807, 2.05) is 13.0 Å². The monoisotopic (exact) mass is 228 g/mol. The summed E-state index contributed by atoms with van der Waals surface area (Å²) in [5, 5.41) is 1.80. The van der Waals surface area contributed by atoms with E-state index in [-0.39, 0.29) is 12.2 Å². The standard InChI is InChI=1S/C11H16O3S/c1-4-7-15-10(5-2)9(12)8-11(13)14-6-3/h4-5,7H,6,8H2,1-3H3/b7-4-,10-5-. The van der Waals surface area contributed by atoms with Crippen molar-refractivity contribution >= 4 is 23.5 Å². The Labute approximate surface area is 94.6 Å². The average molecular weight is 228 g/mol. The van der Waals surface area contributed by atoms with Crippen molar-refractivity contribution in [3.8, 4) is 0 Å². The van der Waals surface area contributed by atoms with Crippen LogP contribution in [0.25, 0.3) is 0 Å². The molecule has 0 N–H and O–H groups in total. The molecule has 0 saturated carbocycles. The molecule has 0 rings (SSSR count). The lowest BCUT2D eigenvalue weighted by molar-refractivity contribution is -0.144. The van der Waals surface area contributed by atoms with Gasteiger partial charge in [-0.3, -0.25) is 9.59 Å². The second-order valence-electron chi connectivity index (χ2n) is 2.65. The van der Waals surface area contributed by atoms with Crippen LogP contribution in [0.2, 0.25) is 0 Å². The van der Waals surface area contributed by atoms with Crippen LogP contribution >= 0.6 is 11.8 Å². The van der Waals surface area contributed by atoms with Crippen molar-refractivity contribution in [1.29, 1.82) is 0 Å². The summed E-state index contributed by atoms with van der Waals surface area (Å²) in [6.45, 7) is 5.66. The summed E-state index contributed by atoms with van der Waals surface area (Å²) in [5.74, 6) is -0.665. The zero-order valence-corrected chi connectivity index (χ0v) is 10.1. The highest BCUT2D eigenvalue weighted by molar-refractivity contribution is 8.06. The molecule has 0 radical (unpaired) electrons. The molecule has 84 valence electrons. The summed E-state index contributed by atoms with van der Waals surface area (Å²) >= 11 is 1.31. The van der Waals surface area contributed by atoms with Crippen LogP contribution in [0.3, 0.4) is 0 Å². The number of ether oxygens (including phenoxy) is 1. The number of esters is 1. The van der Waals surface area contributed by atoms with Crippen LogP contribution < -0.4 is 0 Å². The number of carbonyl (C=O) groups excluding carboxylic acids is 2. The average Bonchev–Trinajstić information content (AvgIpc) is 2.19. The topological polar surface area (TPSA) is 43.4 Å². The maximum atomic E-state index is 11.5. The molecule has 0 fully saturated rings. The van der Waals surface area contributed by atoms with Gasteiger partial charge in [0.25, 0.3) is 0 Å². The molecule has 0 aliphatic heterocycles. The van der Waals surface area contributed by atoms with Gasteiger partial charge >= 0.3 is 5.97 Å². The Balaban J connectivity index is 4.23. The van der Waals surface area contributed by atoms with Crippen molar-refractivity contribution in [3.63, 3.8) is 0 Å². The van der Waals surface area contributed by atoms with Gasteiger partial charge in [-0.2, -0.15) is 0 Å². The van der Waals surface area contributed by atoms with E-state index in [9.17, 15) is 9.59 Å². The van der Waals surface area contributed by atoms with Crippen LogP contribution in [0.1, 0.15) is 27.2 Å². The molecule has 0 amide bonds. The quantitative estimate of drug-likeness (QED) is 0.398. The predicted molar refractivity (Wildman–Crippen MR) is 62.4 cm³/mol. The highest BCUT2D eigenvalue weighted by Gasteiger charge is 2.13. The first-order valence-corrected chi connectivity index (χ1v) is 5.66. The first kappa shape index (κ1) is 14.0. The van der Waals surface area contributed by atoms with E-state index < -0.39 is 5.97 Å². The Bertz CT molecular complexity index is 280. The van der Waals surface area contributed by atoms with E-state index in [0.717, 1.165) is 0 Å². The number of ketones is 1. The zero-order valence-electron chi connectivity index (χ0n) is 9.28. The zero-order chi connectivity index (χ0) is 11.7. The van der Waals surface area contributed by atoms with Gasteiger partial charge in [0.1, 0.15) is 6.42 Å². The molecule has 0 aromatic rings. The second-order valence-corrected chi connectivity index (χ2v) is 3.59. The van der Waals surface area contributed by atoms with E-state index >= 15 is 0 Å². The fourth-order valence-corrected chi connectivity index (χ4v) is 1.49. The largest absolute Gasteiger partial charge is 0.466 e. The van der Waals surface area contributed by atoms with E-state index in [1.54, 1.807) is 25.3 Å². The third-order valence-corrected chi connectivity index (χ3v) is 2.60. The minimum absolute atomic E-state index is 0.182. The summed E-state index contributed by atoms with van der Waals surface area (Å²) in [6.07, 6.45) is 3.36. The molecule has 0 atom stereocenters. The third-order valence-electron chi connectivity index (χ3n) is 1.48. The highest BCUT2D eigenvalue weighted by Crippen LogP contribution is 2.19. The fraction of sp³-hybridized carbons (Fsp3) is 0.455. The van der Waals surface area contributed by atoms with Crippen LogP contribution in [0, 0.1) is 0 Å². The maximum Gasteiger partial charge on any atom is 0.313 e. The molecule has 0 bridgehead atoms. The Morgan fingerprint density at radius 2 is 2.00 bits per heavy atom. The van der Waals surface area contributed by atoms with Crippen LogP contribution in [-0.4, -0.2) is 18.4 Å². The molecule has 0 aromatic carbocycles. The minimum Gasteiger partial charge on any atom is -0.466 e. The highest BCUT2D eigenvalue weighted by atomic mass is 32.2. The number of thioether (sulfide) groups is 1. The Morgan fingerprint density at radius 1 is 1.33 bits per heavy atom. The summed E-state index contributed by atoms with van der Waals surface area (Å²) in [6, 6.07) is 0. The smallest absolute Gasteiger partial charge is 0.313 e. The summed E-state index contributed by atoms with van der Waals surface area (Å²) in [4.78, 5) is 23.2. The van der Waals surface area contributed by atoms with Crippen molar-refractivity contribution in [2.75, 3.05) is 6.61 Å². The maximum absolute atomic E-state index is 11.5. The van der Waals surface area contributed by atoms with Gasteiger partial charge in [-0.15, -0.1) is 0 Å². The van der Waals surface area contributed by atoms with Gasteiger partial charge in [-0.25, -0.2) is 0 Å². The number of hydrogen-bond donors (Lipinski definition) is 0. The van der Waals surface area contributed by atoms with Crippen LogP contribution in [-0.2, 0) is 14.3 Å². The molecule has 0 spiro atoms. The first-order chi connectivity index (χ1) is 7.15. The summed E-state index contributed by atoms with van der Waals surface area (Å²) < 4.78 is 4.70. The van der Waals surface area contributed by atoms with Gasteiger partial charge in [0.05, 0.1) is 11.5 Å². The molecule has 0 unspecified atom stereocenters. The van der Waals surface area contributed by atoms with Crippen LogP contribution in [0.4, 0.5) is 0 Å². The van der Waals surface area contributed by atoms with E-state index in [2.05, 4.69) is 0 Å². The normalized spacial score (nSPS) is 11.8. The van der Waals surface area contributed by atoms with Crippen LogP contribution in [0.15, 0.2) is 22.5 Å². The van der Waals surface area contributed by atoms with Crippen molar-refractivity contribution < 1.29 is 14.3 Å². The molecule has 0 saturated heterocycles. The Hall–Kier alpha value is -1.03. The minimum atomic E-state index is -0.470. The molecule has 15 heavy (non-hydrogen) atoms. The number of rotatable bonds is 6. The number of allylic oxidation sites excluding steroid dienone is 3. The summed E-state index contributed by atoms with van der Waals surface area (Å²) in [7, 11) is 0. The van der Waals surface area contributed by atoms with Crippen molar-refractivity contribution in [1.82, 2.24) is 0 Å². The number of Topliss-reactive ketones (excluding diaryl/α,β-unsaturated/α-hetero) is 1. The summed E-state index contributed by atoms with van der Waals surface area (Å²) in [5.41, 5.74) is 0. The van der Waals surface area contributed by atoms with Gasteiger partial charge in [-0.05, 0) is 26.2 Å². The lowest BCUT2D eigenvalue weighted by Crippen LogP contribution is -2.11. The molecule has 0 aromatic heterocycles. The second kappa shape index (κ2) is 8.29. The fourth-order valence-electron chi connectivity index (χ4n) is 0.866.